The second kappa shape index (κ2) is 5.40. The number of amides is 1. The minimum absolute atomic E-state index is 0.0181. The van der Waals surface area contributed by atoms with Crippen LogP contribution in [0.25, 0.3) is 0 Å². The molecule has 0 unspecified atom stereocenters. The van der Waals surface area contributed by atoms with E-state index in [1.54, 1.807) is 0 Å². The number of benzene rings is 1. The Kier molecular flexibility index (Phi) is 3.87. The number of halogens is 1. The molecule has 0 aliphatic heterocycles. The zero-order chi connectivity index (χ0) is 13.1. The molecule has 0 saturated carbocycles. The van der Waals surface area contributed by atoms with Gasteiger partial charge in [0.25, 0.3) is 0 Å². The molecular weight excluding hydrogens is 292 g/mol. The van der Waals surface area contributed by atoms with Gasteiger partial charge in [-0.3, -0.25) is 4.79 Å². The van der Waals surface area contributed by atoms with E-state index in [-0.39, 0.29) is 5.91 Å². The number of hydrogen-bond donors (Lipinski definition) is 1. The fraction of sp³-hybridized carbons (Fsp3) is 0.214. The first-order valence-electron chi connectivity index (χ1n) is 5.74. The first kappa shape index (κ1) is 12.9. The van der Waals surface area contributed by atoms with Gasteiger partial charge in [0, 0.05) is 21.5 Å². The summed E-state index contributed by atoms with van der Waals surface area (Å²) in [6, 6.07) is 11.6. The fourth-order valence-electron chi connectivity index (χ4n) is 1.86. The molecule has 3 nitrogen and oxygen atoms in total. The number of rotatable bonds is 3. The number of anilines is 1. The van der Waals surface area contributed by atoms with Gasteiger partial charge in [-0.25, -0.2) is 0 Å². The Hall–Kier alpha value is -1.55. The van der Waals surface area contributed by atoms with Gasteiger partial charge in [0.15, 0.2) is 0 Å². The van der Waals surface area contributed by atoms with Gasteiger partial charge in [-0.1, -0.05) is 22.0 Å². The lowest BCUT2D eigenvalue weighted by molar-refractivity contribution is -0.116. The van der Waals surface area contributed by atoms with E-state index in [0.29, 0.717) is 6.54 Å². The standard InChI is InChI=1S/C14H15BrN2O/c1-10-6-7-11(2)17(10)9-14(18)16-13-5-3-4-12(15)8-13/h3-8H,9H2,1-2H3,(H,16,18). The van der Waals surface area contributed by atoms with E-state index < -0.39 is 0 Å². The molecule has 1 N–H and O–H groups in total. The van der Waals surface area contributed by atoms with Gasteiger partial charge < -0.3 is 9.88 Å². The molecule has 0 radical (unpaired) electrons. The Balaban J connectivity index is 2.06. The maximum atomic E-state index is 11.9. The Morgan fingerprint density at radius 3 is 2.50 bits per heavy atom. The van der Waals surface area contributed by atoms with Gasteiger partial charge in [-0.05, 0) is 44.2 Å². The van der Waals surface area contributed by atoms with Crippen molar-refractivity contribution in [3.05, 3.63) is 52.3 Å². The molecule has 2 rings (SSSR count). The Bertz CT molecular complexity index is 555. The average molecular weight is 307 g/mol. The minimum atomic E-state index is -0.0181. The van der Waals surface area contributed by atoms with Crippen LogP contribution in [-0.4, -0.2) is 10.5 Å². The Labute approximate surface area is 115 Å². The van der Waals surface area contributed by atoms with Crippen LogP contribution in [0.5, 0.6) is 0 Å². The molecule has 0 bridgehead atoms. The maximum absolute atomic E-state index is 11.9. The van der Waals surface area contributed by atoms with E-state index >= 15 is 0 Å². The fourth-order valence-corrected chi connectivity index (χ4v) is 2.26. The van der Waals surface area contributed by atoms with E-state index in [1.165, 1.54) is 0 Å². The third-order valence-electron chi connectivity index (χ3n) is 2.83. The van der Waals surface area contributed by atoms with Crippen molar-refractivity contribution in [2.45, 2.75) is 20.4 Å². The molecule has 0 fully saturated rings. The van der Waals surface area contributed by atoms with Gasteiger partial charge in [0.2, 0.25) is 5.91 Å². The predicted octanol–water partition coefficient (Wildman–Crippen LogP) is 3.51. The molecule has 0 aliphatic rings. The van der Waals surface area contributed by atoms with E-state index in [2.05, 4.69) is 21.2 Å². The van der Waals surface area contributed by atoms with Crippen LogP contribution >= 0.6 is 15.9 Å². The predicted molar refractivity (Wildman–Crippen MR) is 76.7 cm³/mol. The molecule has 94 valence electrons. The van der Waals surface area contributed by atoms with E-state index in [4.69, 9.17) is 0 Å². The summed E-state index contributed by atoms with van der Waals surface area (Å²) in [4.78, 5) is 11.9. The molecular formula is C14H15BrN2O. The lowest BCUT2D eigenvalue weighted by Gasteiger charge is -2.10. The summed E-state index contributed by atoms with van der Waals surface area (Å²) in [5, 5.41) is 2.89. The van der Waals surface area contributed by atoms with Crippen molar-refractivity contribution < 1.29 is 4.79 Å². The molecule has 2 aromatic rings. The molecule has 1 heterocycles. The third kappa shape index (κ3) is 3.01. The van der Waals surface area contributed by atoms with Crippen molar-refractivity contribution in [1.82, 2.24) is 4.57 Å². The lowest BCUT2D eigenvalue weighted by atomic mass is 10.3. The molecule has 1 amide bonds. The quantitative estimate of drug-likeness (QED) is 0.925. The molecule has 0 spiro atoms. The number of hydrogen-bond acceptors (Lipinski definition) is 1. The average Bonchev–Trinajstić information content (AvgIpc) is 2.61. The molecule has 1 aromatic carbocycles. The highest BCUT2D eigenvalue weighted by Crippen LogP contribution is 2.16. The van der Waals surface area contributed by atoms with E-state index in [0.717, 1.165) is 21.5 Å². The second-order valence-corrected chi connectivity index (χ2v) is 5.18. The van der Waals surface area contributed by atoms with Crippen LogP contribution in [0.2, 0.25) is 0 Å². The molecule has 0 saturated heterocycles. The summed E-state index contributed by atoms with van der Waals surface area (Å²) in [6.45, 7) is 4.34. The first-order valence-corrected chi connectivity index (χ1v) is 6.54. The maximum Gasteiger partial charge on any atom is 0.244 e. The van der Waals surface area contributed by atoms with Crippen LogP contribution in [0, 0.1) is 13.8 Å². The summed E-state index contributed by atoms with van der Waals surface area (Å²) >= 11 is 3.38. The number of carbonyl (C=O) groups excluding carboxylic acids is 1. The van der Waals surface area contributed by atoms with Gasteiger partial charge in [0.1, 0.15) is 6.54 Å². The summed E-state index contributed by atoms with van der Waals surface area (Å²) < 4.78 is 2.95. The number of nitrogens with zero attached hydrogens (tertiary/aromatic N) is 1. The summed E-state index contributed by atoms with van der Waals surface area (Å²) in [6.07, 6.45) is 0. The van der Waals surface area contributed by atoms with Crippen molar-refractivity contribution in [2.75, 3.05) is 5.32 Å². The largest absolute Gasteiger partial charge is 0.340 e. The van der Waals surface area contributed by atoms with Crippen molar-refractivity contribution in [3.63, 3.8) is 0 Å². The SMILES string of the molecule is Cc1ccc(C)n1CC(=O)Nc1cccc(Br)c1. The van der Waals surface area contributed by atoms with Crippen molar-refractivity contribution in [3.8, 4) is 0 Å². The molecule has 0 atom stereocenters. The van der Waals surface area contributed by atoms with Crippen molar-refractivity contribution >= 4 is 27.5 Å². The number of aryl methyl sites for hydroxylation is 2. The molecule has 4 heteroatoms. The topological polar surface area (TPSA) is 34.0 Å². The zero-order valence-electron chi connectivity index (χ0n) is 10.4. The number of aromatic nitrogens is 1. The van der Waals surface area contributed by atoms with Crippen LogP contribution in [0.15, 0.2) is 40.9 Å². The smallest absolute Gasteiger partial charge is 0.244 e. The summed E-state index contributed by atoms with van der Waals surface area (Å²) in [5.41, 5.74) is 2.99. The number of nitrogens with one attached hydrogen (secondary N) is 1. The van der Waals surface area contributed by atoms with Gasteiger partial charge in [0.05, 0.1) is 0 Å². The number of carbonyl (C=O) groups is 1. The second-order valence-electron chi connectivity index (χ2n) is 4.26. The van der Waals surface area contributed by atoms with E-state index in [1.807, 2.05) is 54.8 Å². The molecule has 18 heavy (non-hydrogen) atoms. The summed E-state index contributed by atoms with van der Waals surface area (Å²) in [5.74, 6) is -0.0181. The van der Waals surface area contributed by atoms with Crippen LogP contribution in [0.1, 0.15) is 11.4 Å². The first-order chi connectivity index (χ1) is 8.56. The van der Waals surface area contributed by atoms with Crippen molar-refractivity contribution in [1.29, 1.82) is 0 Å². The van der Waals surface area contributed by atoms with E-state index in [9.17, 15) is 4.79 Å². The van der Waals surface area contributed by atoms with Crippen LogP contribution in [0.3, 0.4) is 0 Å². The third-order valence-corrected chi connectivity index (χ3v) is 3.32. The molecule has 0 aliphatic carbocycles. The normalized spacial score (nSPS) is 10.4. The highest BCUT2D eigenvalue weighted by molar-refractivity contribution is 9.10. The highest BCUT2D eigenvalue weighted by Gasteiger charge is 2.07. The molecule has 1 aromatic heterocycles. The minimum Gasteiger partial charge on any atom is -0.340 e. The van der Waals surface area contributed by atoms with Gasteiger partial charge in [-0.15, -0.1) is 0 Å². The van der Waals surface area contributed by atoms with Gasteiger partial charge in [-0.2, -0.15) is 0 Å². The lowest BCUT2D eigenvalue weighted by Crippen LogP contribution is -2.20. The van der Waals surface area contributed by atoms with Crippen molar-refractivity contribution in [2.24, 2.45) is 0 Å². The monoisotopic (exact) mass is 306 g/mol. The Morgan fingerprint density at radius 1 is 1.22 bits per heavy atom. The van der Waals surface area contributed by atoms with Crippen LogP contribution in [-0.2, 0) is 11.3 Å². The van der Waals surface area contributed by atoms with Crippen LogP contribution < -0.4 is 5.32 Å². The summed E-state index contributed by atoms with van der Waals surface area (Å²) in [7, 11) is 0. The highest BCUT2D eigenvalue weighted by atomic mass is 79.9. The van der Waals surface area contributed by atoms with Crippen LogP contribution in [0.4, 0.5) is 5.69 Å². The van der Waals surface area contributed by atoms with Gasteiger partial charge >= 0.3 is 0 Å². The zero-order valence-corrected chi connectivity index (χ0v) is 12.0. The Morgan fingerprint density at radius 2 is 1.89 bits per heavy atom.